The van der Waals surface area contributed by atoms with E-state index in [1.165, 1.54) is 0 Å². The van der Waals surface area contributed by atoms with E-state index in [2.05, 4.69) is 10.3 Å². The highest BCUT2D eigenvalue weighted by Gasteiger charge is 2.16. The van der Waals surface area contributed by atoms with Crippen molar-refractivity contribution < 1.29 is 14.3 Å². The first-order chi connectivity index (χ1) is 13.2. The van der Waals surface area contributed by atoms with Crippen LogP contribution in [0.25, 0.3) is 10.8 Å². The zero-order valence-corrected chi connectivity index (χ0v) is 14.7. The van der Waals surface area contributed by atoms with Crippen LogP contribution >= 0.6 is 0 Å². The fraction of sp³-hybridized carbons (Fsp3) is 0.238. The highest BCUT2D eigenvalue weighted by Crippen LogP contribution is 2.20. The van der Waals surface area contributed by atoms with Gasteiger partial charge >= 0.3 is 0 Å². The predicted octanol–water partition coefficient (Wildman–Crippen LogP) is 3.34. The topological polar surface area (TPSA) is 80.4 Å². The van der Waals surface area contributed by atoms with Gasteiger partial charge in [0.1, 0.15) is 18.1 Å². The Morgan fingerprint density at radius 3 is 2.93 bits per heavy atom. The van der Waals surface area contributed by atoms with E-state index in [0.29, 0.717) is 23.4 Å². The third kappa shape index (κ3) is 4.01. The molecule has 1 amide bonds. The molecule has 4 rings (SSSR count). The van der Waals surface area contributed by atoms with E-state index in [9.17, 15) is 9.59 Å². The van der Waals surface area contributed by atoms with E-state index < -0.39 is 0 Å². The van der Waals surface area contributed by atoms with Gasteiger partial charge in [0.05, 0.1) is 6.10 Å². The molecule has 0 spiro atoms. The van der Waals surface area contributed by atoms with Gasteiger partial charge in [-0.25, -0.2) is 0 Å². The number of nitrogens with one attached hydrogen (secondary N) is 2. The minimum absolute atomic E-state index is 0.130. The number of aromatic amines is 1. The van der Waals surface area contributed by atoms with Gasteiger partial charge < -0.3 is 19.8 Å². The molecule has 0 radical (unpaired) electrons. The number of hydrogen-bond donors (Lipinski definition) is 2. The minimum atomic E-state index is -0.380. The number of anilines is 1. The lowest BCUT2D eigenvalue weighted by Gasteiger charge is -2.12. The van der Waals surface area contributed by atoms with Crippen LogP contribution < -0.4 is 15.6 Å². The average molecular weight is 364 g/mol. The highest BCUT2D eigenvalue weighted by atomic mass is 16.5. The molecule has 1 aliphatic rings. The Morgan fingerprint density at radius 1 is 1.19 bits per heavy atom. The predicted molar refractivity (Wildman–Crippen MR) is 103 cm³/mol. The number of pyridine rings is 1. The quantitative estimate of drug-likeness (QED) is 0.728. The summed E-state index contributed by atoms with van der Waals surface area (Å²) in [6, 6.07) is 16.0. The molecule has 0 saturated carbocycles. The number of amides is 1. The Labute approximate surface area is 156 Å². The van der Waals surface area contributed by atoms with Crippen molar-refractivity contribution in [3.63, 3.8) is 0 Å². The number of carbonyl (C=O) groups excluding carboxylic acids is 1. The normalized spacial score (nSPS) is 16.4. The lowest BCUT2D eigenvalue weighted by Crippen LogP contribution is -2.19. The molecule has 0 bridgehead atoms. The minimum Gasteiger partial charge on any atom is -0.491 e. The molecule has 0 unspecified atom stereocenters. The molecule has 6 heteroatoms. The molecular formula is C21H20N2O4. The molecule has 27 heavy (non-hydrogen) atoms. The van der Waals surface area contributed by atoms with Crippen molar-refractivity contribution in [1.29, 1.82) is 0 Å². The number of benzene rings is 2. The Bertz CT molecular complexity index is 1020. The third-order valence-electron chi connectivity index (χ3n) is 4.55. The number of hydrogen-bond acceptors (Lipinski definition) is 4. The Morgan fingerprint density at radius 2 is 2.07 bits per heavy atom. The molecule has 1 aromatic heterocycles. The lowest BCUT2D eigenvalue weighted by molar-refractivity contribution is 0.0680. The van der Waals surface area contributed by atoms with Crippen LogP contribution in [0, 0.1) is 0 Å². The van der Waals surface area contributed by atoms with Crippen molar-refractivity contribution >= 4 is 22.4 Å². The van der Waals surface area contributed by atoms with Crippen molar-refractivity contribution in [2.75, 3.05) is 18.5 Å². The van der Waals surface area contributed by atoms with E-state index in [0.717, 1.165) is 24.8 Å². The highest BCUT2D eigenvalue weighted by molar-refractivity contribution is 6.04. The van der Waals surface area contributed by atoms with Crippen LogP contribution in [-0.2, 0) is 4.74 Å². The van der Waals surface area contributed by atoms with E-state index in [1.807, 2.05) is 18.2 Å². The summed E-state index contributed by atoms with van der Waals surface area (Å²) >= 11 is 0. The van der Waals surface area contributed by atoms with E-state index >= 15 is 0 Å². The molecule has 138 valence electrons. The second-order valence-corrected chi connectivity index (χ2v) is 6.53. The van der Waals surface area contributed by atoms with Gasteiger partial charge in [-0.15, -0.1) is 0 Å². The smallest absolute Gasteiger partial charge is 0.272 e. The molecule has 1 fully saturated rings. The summed E-state index contributed by atoms with van der Waals surface area (Å²) in [6.45, 7) is 1.28. The van der Waals surface area contributed by atoms with E-state index in [4.69, 9.17) is 9.47 Å². The second kappa shape index (κ2) is 7.63. The number of fused-ring (bicyclic) bond motifs is 1. The van der Waals surface area contributed by atoms with Crippen molar-refractivity contribution in [3.8, 4) is 5.75 Å². The van der Waals surface area contributed by atoms with Crippen LogP contribution in [-0.4, -0.2) is 30.2 Å². The van der Waals surface area contributed by atoms with Crippen LogP contribution in [0.5, 0.6) is 5.75 Å². The van der Waals surface area contributed by atoms with Crippen LogP contribution in [0.2, 0.25) is 0 Å². The first kappa shape index (κ1) is 17.3. The van der Waals surface area contributed by atoms with Gasteiger partial charge in [-0.2, -0.15) is 0 Å². The van der Waals surface area contributed by atoms with Gasteiger partial charge in [0.15, 0.2) is 0 Å². The van der Waals surface area contributed by atoms with E-state index in [-0.39, 0.29) is 23.3 Å². The van der Waals surface area contributed by atoms with Crippen LogP contribution in [0.1, 0.15) is 23.3 Å². The summed E-state index contributed by atoms with van der Waals surface area (Å²) in [6.07, 6.45) is 2.20. The standard InChI is InChI=1S/C21H20N2O4/c24-20-18-9-2-1-5-14(18)11-19(23-20)21(25)22-15-6-3-7-16(12-15)27-13-17-8-4-10-26-17/h1-3,5-7,9,11-12,17H,4,8,10,13H2,(H,22,25)(H,23,24)/t17-/m1/s1. The number of ether oxygens (including phenoxy) is 2. The molecule has 0 aliphatic carbocycles. The van der Waals surface area contributed by atoms with Gasteiger partial charge in [0.2, 0.25) is 0 Å². The first-order valence-corrected chi connectivity index (χ1v) is 8.97. The molecule has 6 nitrogen and oxygen atoms in total. The van der Waals surface area contributed by atoms with Crippen molar-refractivity contribution in [2.24, 2.45) is 0 Å². The Kier molecular flexibility index (Phi) is 4.89. The van der Waals surface area contributed by atoms with Crippen molar-refractivity contribution in [3.05, 3.63) is 70.6 Å². The number of H-pyrrole nitrogens is 1. The summed E-state index contributed by atoms with van der Waals surface area (Å²) in [5.74, 6) is 0.282. The zero-order valence-electron chi connectivity index (χ0n) is 14.7. The molecule has 3 aromatic rings. The maximum absolute atomic E-state index is 12.5. The molecule has 2 aromatic carbocycles. The fourth-order valence-corrected chi connectivity index (χ4v) is 3.16. The van der Waals surface area contributed by atoms with Crippen molar-refractivity contribution in [2.45, 2.75) is 18.9 Å². The summed E-state index contributed by atoms with van der Waals surface area (Å²) in [5, 5.41) is 4.07. The van der Waals surface area contributed by atoms with Crippen LogP contribution in [0.3, 0.4) is 0 Å². The molecule has 2 N–H and O–H groups in total. The third-order valence-corrected chi connectivity index (χ3v) is 4.55. The molecule has 1 saturated heterocycles. The average Bonchev–Trinajstić information content (AvgIpc) is 3.20. The largest absolute Gasteiger partial charge is 0.491 e. The summed E-state index contributed by atoms with van der Waals surface area (Å²) < 4.78 is 11.3. The zero-order chi connectivity index (χ0) is 18.6. The first-order valence-electron chi connectivity index (χ1n) is 8.97. The lowest BCUT2D eigenvalue weighted by atomic mass is 10.1. The molecule has 1 aliphatic heterocycles. The number of aromatic nitrogens is 1. The Hall–Kier alpha value is -3.12. The second-order valence-electron chi connectivity index (χ2n) is 6.53. The Balaban J connectivity index is 1.47. The van der Waals surface area contributed by atoms with Gasteiger partial charge in [-0.05, 0) is 42.5 Å². The van der Waals surface area contributed by atoms with Crippen molar-refractivity contribution in [1.82, 2.24) is 4.98 Å². The number of rotatable bonds is 5. The van der Waals surface area contributed by atoms with E-state index in [1.54, 1.807) is 36.4 Å². The SMILES string of the molecule is O=C(Nc1cccc(OC[C@H]2CCCO2)c1)c1cc2ccccc2c(=O)[nH]1. The molecular weight excluding hydrogens is 344 g/mol. The van der Waals surface area contributed by atoms with Gasteiger partial charge in [0, 0.05) is 23.7 Å². The van der Waals surface area contributed by atoms with Crippen LogP contribution in [0.15, 0.2) is 59.4 Å². The van der Waals surface area contributed by atoms with Gasteiger partial charge in [-0.3, -0.25) is 9.59 Å². The molecule has 1 atom stereocenters. The monoisotopic (exact) mass is 364 g/mol. The molecule has 2 heterocycles. The summed E-state index contributed by atoms with van der Waals surface area (Å²) in [4.78, 5) is 27.3. The number of carbonyl (C=O) groups is 1. The van der Waals surface area contributed by atoms with Gasteiger partial charge in [0.25, 0.3) is 11.5 Å². The maximum atomic E-state index is 12.5. The summed E-state index contributed by atoms with van der Waals surface area (Å²) in [5.41, 5.74) is 0.523. The van der Waals surface area contributed by atoms with Crippen LogP contribution in [0.4, 0.5) is 5.69 Å². The summed E-state index contributed by atoms with van der Waals surface area (Å²) in [7, 11) is 0. The fourth-order valence-electron chi connectivity index (χ4n) is 3.16. The van der Waals surface area contributed by atoms with Gasteiger partial charge in [-0.1, -0.05) is 24.3 Å². The maximum Gasteiger partial charge on any atom is 0.272 e.